The number of H-pyrrole nitrogens is 1. The Morgan fingerprint density at radius 2 is 1.95 bits per heavy atom. The number of aromatic nitrogens is 1. The summed E-state index contributed by atoms with van der Waals surface area (Å²) in [6.07, 6.45) is 0. The molecule has 3 N–H and O–H groups in total. The first-order valence-electron chi connectivity index (χ1n) is 5.31. The van der Waals surface area contributed by atoms with Gasteiger partial charge in [-0.2, -0.15) is 0 Å². The van der Waals surface area contributed by atoms with Gasteiger partial charge in [-0.1, -0.05) is 6.07 Å². The van der Waals surface area contributed by atoms with Gasteiger partial charge in [0.2, 0.25) is 0 Å². The summed E-state index contributed by atoms with van der Waals surface area (Å²) >= 11 is 0. The fourth-order valence-electron chi connectivity index (χ4n) is 2.30. The van der Waals surface area contributed by atoms with Gasteiger partial charge >= 0.3 is 0 Å². The van der Waals surface area contributed by atoms with Gasteiger partial charge in [-0.05, 0) is 12.1 Å². The second-order valence-electron chi connectivity index (χ2n) is 4.08. The van der Waals surface area contributed by atoms with Crippen molar-refractivity contribution in [2.75, 3.05) is 0 Å². The lowest BCUT2D eigenvalue weighted by Gasteiger charge is -2.04. The summed E-state index contributed by atoms with van der Waals surface area (Å²) in [5.74, 6) is -1.39. The highest BCUT2D eigenvalue weighted by molar-refractivity contribution is 6.15. The quantitative estimate of drug-likeness (QED) is 0.437. The molecular formula is C12H7N2O5-. The largest absolute Gasteiger partial charge is 0.629 e. The number of hydrogen-bond donors (Lipinski definition) is 3. The molecule has 1 heterocycles. The summed E-state index contributed by atoms with van der Waals surface area (Å²) in [5.41, 5.74) is 0.158. The lowest BCUT2D eigenvalue weighted by atomic mass is 10.0. The molecule has 7 heteroatoms. The molecule has 96 valence electrons. The van der Waals surface area contributed by atoms with E-state index in [9.17, 15) is 20.3 Å². The van der Waals surface area contributed by atoms with Crippen molar-refractivity contribution in [3.63, 3.8) is 0 Å². The molecule has 0 bridgehead atoms. The highest BCUT2D eigenvalue weighted by Crippen LogP contribution is 2.35. The van der Waals surface area contributed by atoms with E-state index in [2.05, 4.69) is 4.98 Å². The van der Waals surface area contributed by atoms with E-state index in [1.807, 2.05) is 0 Å². The molecule has 19 heavy (non-hydrogen) atoms. The topological polar surface area (TPSA) is 122 Å². The fraction of sp³-hybridized carbons (Fsp3) is 0. The number of nitro benzene ring substituents is 1. The van der Waals surface area contributed by atoms with E-state index in [0.29, 0.717) is 16.3 Å². The molecule has 0 aliphatic carbocycles. The molecule has 0 aliphatic rings. The Kier molecular flexibility index (Phi) is 2.06. The van der Waals surface area contributed by atoms with Crippen LogP contribution in [0.1, 0.15) is 0 Å². The number of non-ortho nitro benzene ring substituents is 1. The number of hydrogen-bond acceptors (Lipinski definition) is 5. The van der Waals surface area contributed by atoms with E-state index in [1.165, 1.54) is 24.3 Å². The van der Waals surface area contributed by atoms with Crippen molar-refractivity contribution < 1.29 is 20.2 Å². The average molecular weight is 259 g/mol. The van der Waals surface area contributed by atoms with E-state index in [0.717, 1.165) is 0 Å². The van der Waals surface area contributed by atoms with Crippen LogP contribution >= 0.6 is 0 Å². The summed E-state index contributed by atoms with van der Waals surface area (Å²) in [4.78, 5) is 13.1. The van der Waals surface area contributed by atoms with Crippen LogP contribution in [0, 0.1) is 10.1 Å². The number of aliphatic hydroxyl groups is 1. The number of aliphatic hydroxyl groups excluding tert-OH is 1. The SMILES string of the molecule is O=[N+]([O-])c1ccc2[nH]c(O)c3ccc(=C([O-])O)c1c23. The molecule has 0 amide bonds. The number of nitrogens with zero attached hydrogens (tertiary/aromatic N) is 1. The van der Waals surface area contributed by atoms with Crippen molar-refractivity contribution in [1.29, 1.82) is 0 Å². The summed E-state index contributed by atoms with van der Waals surface area (Å²) in [6.45, 7) is 0. The van der Waals surface area contributed by atoms with Crippen LogP contribution in [0.4, 0.5) is 5.69 Å². The maximum absolute atomic E-state index is 11.2. The Morgan fingerprint density at radius 1 is 1.21 bits per heavy atom. The first kappa shape index (κ1) is 11.1. The third-order valence-corrected chi connectivity index (χ3v) is 3.07. The van der Waals surface area contributed by atoms with Crippen molar-refractivity contribution in [3.8, 4) is 5.88 Å². The van der Waals surface area contributed by atoms with Crippen LogP contribution in [0.15, 0.2) is 24.3 Å². The van der Waals surface area contributed by atoms with Crippen LogP contribution in [-0.4, -0.2) is 20.1 Å². The first-order chi connectivity index (χ1) is 9.00. The molecule has 0 spiro atoms. The Hall–Kier alpha value is -2.96. The van der Waals surface area contributed by atoms with Crippen molar-refractivity contribution in [3.05, 3.63) is 39.6 Å². The summed E-state index contributed by atoms with van der Waals surface area (Å²) in [7, 11) is 0. The van der Waals surface area contributed by atoms with Gasteiger partial charge in [-0.25, -0.2) is 0 Å². The van der Waals surface area contributed by atoms with Crippen LogP contribution in [0.5, 0.6) is 5.88 Å². The minimum atomic E-state index is -1.25. The van der Waals surface area contributed by atoms with E-state index in [4.69, 9.17) is 5.11 Å². The van der Waals surface area contributed by atoms with Gasteiger partial charge in [-0.3, -0.25) is 10.1 Å². The smallest absolute Gasteiger partial charge is 0.278 e. The number of nitro groups is 1. The molecule has 3 rings (SSSR count). The predicted octanol–water partition coefficient (Wildman–Crippen LogP) is 0.638. The van der Waals surface area contributed by atoms with Crippen LogP contribution in [-0.2, 0) is 0 Å². The van der Waals surface area contributed by atoms with Gasteiger partial charge in [0.15, 0.2) is 5.88 Å². The number of rotatable bonds is 1. The van der Waals surface area contributed by atoms with Crippen LogP contribution in [0.25, 0.3) is 27.6 Å². The molecule has 7 nitrogen and oxygen atoms in total. The molecule has 0 atom stereocenters. The minimum absolute atomic E-state index is 0.0176. The standard InChI is InChI=1S/C12H8N2O5/c15-11-5-1-2-6(12(16)17)10-8(14(18)19)4-3-7(13-11)9(5)10/h1-4,13,15-17H/p-1. The molecular weight excluding hydrogens is 252 g/mol. The number of nitrogens with one attached hydrogen (secondary N) is 1. The summed E-state index contributed by atoms with van der Waals surface area (Å²) < 4.78 is 0. The van der Waals surface area contributed by atoms with E-state index in [1.54, 1.807) is 0 Å². The lowest BCUT2D eigenvalue weighted by molar-refractivity contribution is -0.383. The van der Waals surface area contributed by atoms with Crippen molar-refractivity contribution in [2.45, 2.75) is 0 Å². The second kappa shape index (κ2) is 3.52. The summed E-state index contributed by atoms with van der Waals surface area (Å²) in [5, 5.41) is 41.7. The molecule has 3 aromatic rings. The highest BCUT2D eigenvalue weighted by Gasteiger charge is 2.19. The van der Waals surface area contributed by atoms with Gasteiger partial charge in [0, 0.05) is 22.1 Å². The Labute approximate surface area is 105 Å². The predicted molar refractivity (Wildman–Crippen MR) is 65.4 cm³/mol. The van der Waals surface area contributed by atoms with E-state index >= 15 is 0 Å². The molecule has 1 aromatic heterocycles. The maximum atomic E-state index is 11.2. The zero-order valence-electron chi connectivity index (χ0n) is 9.38. The van der Waals surface area contributed by atoms with Gasteiger partial charge in [0.1, 0.15) is 0 Å². The lowest BCUT2D eigenvalue weighted by Crippen LogP contribution is -2.17. The van der Waals surface area contributed by atoms with Crippen LogP contribution < -0.4 is 10.3 Å². The molecule has 0 saturated carbocycles. The number of aromatic amines is 1. The molecule has 0 aliphatic heterocycles. The van der Waals surface area contributed by atoms with Crippen molar-refractivity contribution >= 4 is 33.3 Å². The summed E-state index contributed by atoms with van der Waals surface area (Å²) in [6, 6.07) is 5.34. The number of aromatic hydroxyl groups is 1. The molecule has 0 unspecified atom stereocenters. The Morgan fingerprint density at radius 3 is 2.58 bits per heavy atom. The molecule has 2 aromatic carbocycles. The maximum Gasteiger partial charge on any atom is 0.278 e. The van der Waals surface area contributed by atoms with E-state index in [-0.39, 0.29) is 22.2 Å². The Bertz CT molecular complexity index is 877. The monoisotopic (exact) mass is 259 g/mol. The Balaban J connectivity index is 2.73. The van der Waals surface area contributed by atoms with Gasteiger partial charge in [0.05, 0.1) is 21.8 Å². The van der Waals surface area contributed by atoms with Crippen molar-refractivity contribution in [2.24, 2.45) is 0 Å². The van der Waals surface area contributed by atoms with Crippen molar-refractivity contribution in [1.82, 2.24) is 4.98 Å². The van der Waals surface area contributed by atoms with Crippen LogP contribution in [0.2, 0.25) is 0 Å². The van der Waals surface area contributed by atoms with Gasteiger partial charge < -0.3 is 20.3 Å². The normalized spacial score (nSPS) is 13.1. The molecule has 0 radical (unpaired) electrons. The third kappa shape index (κ3) is 1.38. The molecule has 0 saturated heterocycles. The zero-order chi connectivity index (χ0) is 13.7. The van der Waals surface area contributed by atoms with Gasteiger partial charge in [0.25, 0.3) is 5.69 Å². The molecule has 0 fully saturated rings. The van der Waals surface area contributed by atoms with Gasteiger partial charge in [-0.15, -0.1) is 0 Å². The van der Waals surface area contributed by atoms with E-state index < -0.39 is 10.9 Å². The second-order valence-corrected chi connectivity index (χ2v) is 4.08. The number of benzene rings is 2. The zero-order valence-corrected chi connectivity index (χ0v) is 9.38. The minimum Gasteiger partial charge on any atom is -0.629 e. The van der Waals surface area contributed by atoms with Crippen LogP contribution in [0.3, 0.4) is 0 Å². The highest BCUT2D eigenvalue weighted by atomic mass is 16.6. The average Bonchev–Trinajstić information content (AvgIpc) is 2.67. The fourth-order valence-corrected chi connectivity index (χ4v) is 2.30. The third-order valence-electron chi connectivity index (χ3n) is 3.07. The first-order valence-corrected chi connectivity index (χ1v) is 5.31.